The summed E-state index contributed by atoms with van der Waals surface area (Å²) < 4.78 is 6.03. The smallest absolute Gasteiger partial charge is 0.303 e. The van der Waals surface area contributed by atoms with Crippen molar-refractivity contribution in [3.05, 3.63) is 59.2 Å². The molecule has 32 heavy (non-hydrogen) atoms. The highest BCUT2D eigenvalue weighted by atomic mass is 16.5. The van der Waals surface area contributed by atoms with Crippen molar-refractivity contribution in [2.24, 2.45) is 11.7 Å². The summed E-state index contributed by atoms with van der Waals surface area (Å²) in [4.78, 5) is 25.7. The van der Waals surface area contributed by atoms with E-state index in [9.17, 15) is 9.59 Å². The number of rotatable bonds is 9. The van der Waals surface area contributed by atoms with Crippen LogP contribution in [0.3, 0.4) is 0 Å². The van der Waals surface area contributed by atoms with Gasteiger partial charge in [-0.2, -0.15) is 0 Å². The van der Waals surface area contributed by atoms with Crippen LogP contribution in [0, 0.1) is 5.92 Å². The third-order valence-electron chi connectivity index (χ3n) is 6.88. The number of carbonyl (C=O) groups is 2. The zero-order chi connectivity index (χ0) is 22.7. The highest BCUT2D eigenvalue weighted by molar-refractivity contribution is 5.80. The number of fused-ring (bicyclic) bond motifs is 3. The van der Waals surface area contributed by atoms with Crippen LogP contribution in [0.15, 0.2) is 42.5 Å². The summed E-state index contributed by atoms with van der Waals surface area (Å²) in [6.45, 7) is 3.25. The maximum absolute atomic E-state index is 12.4. The van der Waals surface area contributed by atoms with E-state index in [2.05, 4.69) is 48.2 Å². The van der Waals surface area contributed by atoms with Gasteiger partial charge in [0.25, 0.3) is 0 Å². The Bertz CT molecular complexity index is 975. The number of nitrogens with two attached hydrogens (primary N) is 1. The molecular weight excluding hydrogens is 404 g/mol. The highest BCUT2D eigenvalue weighted by Crippen LogP contribution is 2.52. The third-order valence-corrected chi connectivity index (χ3v) is 6.88. The van der Waals surface area contributed by atoms with E-state index in [1.165, 1.54) is 11.3 Å². The van der Waals surface area contributed by atoms with Crippen molar-refractivity contribution in [1.82, 2.24) is 0 Å². The molecule has 0 aromatic heterocycles. The van der Waals surface area contributed by atoms with Crippen LogP contribution >= 0.6 is 0 Å². The first kappa shape index (κ1) is 22.2. The maximum Gasteiger partial charge on any atom is 0.303 e. The van der Waals surface area contributed by atoms with Crippen molar-refractivity contribution in [2.45, 2.75) is 64.0 Å². The number of nitrogens with zero attached hydrogens (tertiary/aromatic N) is 1. The van der Waals surface area contributed by atoms with Crippen molar-refractivity contribution in [1.29, 1.82) is 0 Å². The van der Waals surface area contributed by atoms with Gasteiger partial charge in [0, 0.05) is 36.5 Å². The molecule has 6 nitrogen and oxygen atoms in total. The lowest BCUT2D eigenvalue weighted by atomic mass is 9.73. The first-order chi connectivity index (χ1) is 15.5. The number of carboxylic acid groups (broad SMARTS) is 1. The standard InChI is InChI=1S/C26H32N2O4/c1-2-18-14-22-20(15-23(18)32-13-7-12-24(29)30)25-19(26(27)31)10-6-11-21(25)28(22)16-17-8-4-3-5-9-17/h3-5,8-9,14-15,19,21,25H,2,6-7,10-13,16H2,1H3,(H2,27,31)(H,29,30)/t19-,21?,25?/m1/s1. The summed E-state index contributed by atoms with van der Waals surface area (Å²) in [6, 6.07) is 15.0. The maximum atomic E-state index is 12.4. The minimum absolute atomic E-state index is 0.0623. The van der Waals surface area contributed by atoms with Crippen molar-refractivity contribution < 1.29 is 19.4 Å². The van der Waals surface area contributed by atoms with E-state index in [0.717, 1.165) is 49.1 Å². The van der Waals surface area contributed by atoms with E-state index in [1.54, 1.807) is 0 Å². The summed E-state index contributed by atoms with van der Waals surface area (Å²) >= 11 is 0. The van der Waals surface area contributed by atoms with Gasteiger partial charge in [0.05, 0.1) is 6.61 Å². The monoisotopic (exact) mass is 436 g/mol. The van der Waals surface area contributed by atoms with Crippen LogP contribution in [0.25, 0.3) is 0 Å². The Kier molecular flexibility index (Phi) is 6.68. The molecule has 0 bridgehead atoms. The topological polar surface area (TPSA) is 92.9 Å². The van der Waals surface area contributed by atoms with Gasteiger partial charge in [-0.25, -0.2) is 0 Å². The minimum Gasteiger partial charge on any atom is -0.493 e. The largest absolute Gasteiger partial charge is 0.493 e. The summed E-state index contributed by atoms with van der Waals surface area (Å²) in [5, 5.41) is 8.89. The molecule has 1 saturated carbocycles. The van der Waals surface area contributed by atoms with E-state index < -0.39 is 5.97 Å². The highest BCUT2D eigenvalue weighted by Gasteiger charge is 2.46. The van der Waals surface area contributed by atoms with E-state index in [4.69, 9.17) is 15.6 Å². The first-order valence-corrected chi connectivity index (χ1v) is 11.6. The molecule has 2 aliphatic rings. The number of aryl methyl sites for hydroxylation is 1. The first-order valence-electron chi connectivity index (χ1n) is 11.6. The predicted molar refractivity (Wildman–Crippen MR) is 124 cm³/mol. The third kappa shape index (κ3) is 4.45. The molecule has 2 aromatic carbocycles. The van der Waals surface area contributed by atoms with Crippen LogP contribution in [-0.4, -0.2) is 29.6 Å². The van der Waals surface area contributed by atoms with Crippen molar-refractivity contribution >= 4 is 17.6 Å². The Balaban J connectivity index is 1.70. The molecule has 3 N–H and O–H groups in total. The Morgan fingerprint density at radius 3 is 2.66 bits per heavy atom. The Labute approximate surface area is 189 Å². The van der Waals surface area contributed by atoms with Crippen molar-refractivity contribution in [3.63, 3.8) is 0 Å². The molecule has 0 spiro atoms. The van der Waals surface area contributed by atoms with Crippen LogP contribution in [0.1, 0.15) is 61.6 Å². The molecule has 1 fully saturated rings. The minimum atomic E-state index is -0.816. The molecule has 1 amide bonds. The lowest BCUT2D eigenvalue weighted by Gasteiger charge is -2.37. The molecule has 2 aromatic rings. The van der Waals surface area contributed by atoms with Crippen LogP contribution in [0.4, 0.5) is 5.69 Å². The van der Waals surface area contributed by atoms with Crippen molar-refractivity contribution in [2.75, 3.05) is 11.5 Å². The molecule has 0 saturated heterocycles. The van der Waals surface area contributed by atoms with Gasteiger partial charge in [-0.1, -0.05) is 43.7 Å². The van der Waals surface area contributed by atoms with Crippen LogP contribution in [0.2, 0.25) is 0 Å². The van der Waals surface area contributed by atoms with Gasteiger partial charge in [-0.15, -0.1) is 0 Å². The molecular formula is C26H32N2O4. The fraction of sp³-hybridized carbons (Fsp3) is 0.462. The van der Waals surface area contributed by atoms with Gasteiger partial charge in [-0.3, -0.25) is 9.59 Å². The lowest BCUT2D eigenvalue weighted by Crippen LogP contribution is -2.42. The van der Waals surface area contributed by atoms with E-state index in [1.807, 2.05) is 6.07 Å². The second-order valence-corrected chi connectivity index (χ2v) is 8.86. The lowest BCUT2D eigenvalue weighted by molar-refractivity contribution is -0.137. The molecule has 0 radical (unpaired) electrons. The number of anilines is 1. The SMILES string of the molecule is CCc1cc2c(cc1OCCCC(=O)O)C1C(CCC[C@H]1C(N)=O)N2Cc1ccccc1. The summed E-state index contributed by atoms with van der Waals surface area (Å²) in [5.74, 6) is -0.363. The number of hydrogen-bond acceptors (Lipinski definition) is 4. The summed E-state index contributed by atoms with van der Waals surface area (Å²) in [6.07, 6.45) is 4.21. The van der Waals surface area contributed by atoms with Crippen LogP contribution in [0.5, 0.6) is 5.75 Å². The number of aliphatic carboxylic acids is 1. The Morgan fingerprint density at radius 2 is 1.97 bits per heavy atom. The average Bonchev–Trinajstić information content (AvgIpc) is 3.09. The number of ether oxygens (including phenoxy) is 1. The average molecular weight is 437 g/mol. The Morgan fingerprint density at radius 1 is 1.19 bits per heavy atom. The number of hydrogen-bond donors (Lipinski definition) is 2. The molecule has 3 atom stereocenters. The number of primary amides is 1. The van der Waals surface area contributed by atoms with E-state index in [0.29, 0.717) is 13.0 Å². The second-order valence-electron chi connectivity index (χ2n) is 8.86. The molecule has 170 valence electrons. The normalized spacial score (nSPS) is 21.7. The predicted octanol–water partition coefficient (Wildman–Crippen LogP) is 4.25. The molecule has 1 aliphatic carbocycles. The summed E-state index contributed by atoms with van der Waals surface area (Å²) in [5.41, 5.74) is 10.5. The quantitative estimate of drug-likeness (QED) is 0.573. The molecule has 4 rings (SSSR count). The zero-order valence-corrected chi connectivity index (χ0v) is 18.6. The molecule has 6 heteroatoms. The van der Waals surface area contributed by atoms with E-state index >= 15 is 0 Å². The zero-order valence-electron chi connectivity index (χ0n) is 18.6. The van der Waals surface area contributed by atoms with Gasteiger partial charge in [0.1, 0.15) is 5.75 Å². The molecule has 1 heterocycles. The van der Waals surface area contributed by atoms with Gasteiger partial charge in [-0.05, 0) is 54.5 Å². The van der Waals surface area contributed by atoms with Gasteiger partial charge in [0.2, 0.25) is 5.91 Å². The van der Waals surface area contributed by atoms with E-state index in [-0.39, 0.29) is 30.2 Å². The number of carbonyl (C=O) groups excluding carboxylic acids is 1. The van der Waals surface area contributed by atoms with Gasteiger partial charge < -0.3 is 20.5 Å². The number of carboxylic acids is 1. The van der Waals surface area contributed by atoms with Gasteiger partial charge in [0.15, 0.2) is 0 Å². The van der Waals surface area contributed by atoms with Crippen LogP contribution < -0.4 is 15.4 Å². The number of benzene rings is 2. The second kappa shape index (κ2) is 9.63. The van der Waals surface area contributed by atoms with Gasteiger partial charge >= 0.3 is 5.97 Å². The van der Waals surface area contributed by atoms with Crippen LogP contribution in [-0.2, 0) is 22.6 Å². The molecule has 2 unspecified atom stereocenters. The van der Waals surface area contributed by atoms with Crippen molar-refractivity contribution in [3.8, 4) is 5.75 Å². The number of amides is 1. The Hall–Kier alpha value is -3.02. The molecule has 1 aliphatic heterocycles. The fourth-order valence-corrected chi connectivity index (χ4v) is 5.39. The fourth-order valence-electron chi connectivity index (χ4n) is 5.39. The summed E-state index contributed by atoms with van der Waals surface area (Å²) in [7, 11) is 0.